The molecule has 0 saturated carbocycles. The fourth-order valence-corrected chi connectivity index (χ4v) is 2.57. The van der Waals surface area contributed by atoms with Gasteiger partial charge in [0.2, 0.25) is 0 Å². The molecular formula is C16H20N2OS. The highest BCUT2D eigenvalue weighted by atomic mass is 32.2. The maximum Gasteiger partial charge on any atom is 0.142 e. The second kappa shape index (κ2) is 7.31. The summed E-state index contributed by atoms with van der Waals surface area (Å²) in [7, 11) is 1.68. The van der Waals surface area contributed by atoms with Crippen molar-refractivity contribution in [1.82, 2.24) is 10.3 Å². The van der Waals surface area contributed by atoms with Crippen LogP contribution in [0.15, 0.2) is 47.5 Å². The lowest BCUT2D eigenvalue weighted by Gasteiger charge is -2.20. The van der Waals surface area contributed by atoms with Gasteiger partial charge in [-0.25, -0.2) is 0 Å². The molecule has 0 aliphatic carbocycles. The van der Waals surface area contributed by atoms with Crippen molar-refractivity contribution >= 4 is 11.8 Å². The van der Waals surface area contributed by atoms with Gasteiger partial charge in [-0.05, 0) is 42.6 Å². The zero-order valence-electron chi connectivity index (χ0n) is 12.1. The normalized spacial score (nSPS) is 12.2. The number of ether oxygens (including phenoxy) is 1. The smallest absolute Gasteiger partial charge is 0.142 e. The predicted molar refractivity (Wildman–Crippen MR) is 84.5 cm³/mol. The van der Waals surface area contributed by atoms with E-state index in [0.717, 1.165) is 18.0 Å². The number of nitrogens with zero attached hydrogens (tertiary/aromatic N) is 1. The molecule has 0 amide bonds. The molecule has 0 bridgehead atoms. The van der Waals surface area contributed by atoms with E-state index in [1.54, 1.807) is 25.1 Å². The number of hydrogen-bond donors (Lipinski definition) is 1. The third kappa shape index (κ3) is 3.32. The zero-order valence-corrected chi connectivity index (χ0v) is 12.9. The fourth-order valence-electron chi connectivity index (χ4n) is 2.17. The molecule has 3 nitrogen and oxygen atoms in total. The van der Waals surface area contributed by atoms with Crippen molar-refractivity contribution in [2.24, 2.45) is 0 Å². The van der Waals surface area contributed by atoms with E-state index < -0.39 is 0 Å². The van der Waals surface area contributed by atoms with Crippen LogP contribution in [0.3, 0.4) is 0 Å². The SMILES string of the molecule is CCNC(c1ccc(SC)cc1)c1ncccc1OC. The molecule has 0 fully saturated rings. The first-order chi connectivity index (χ1) is 9.80. The van der Waals surface area contributed by atoms with Crippen molar-refractivity contribution in [3.8, 4) is 5.75 Å². The van der Waals surface area contributed by atoms with Crippen LogP contribution in [0.25, 0.3) is 0 Å². The van der Waals surface area contributed by atoms with Gasteiger partial charge < -0.3 is 10.1 Å². The first-order valence-corrected chi connectivity index (χ1v) is 7.88. The van der Waals surface area contributed by atoms with E-state index in [1.165, 1.54) is 10.5 Å². The van der Waals surface area contributed by atoms with Crippen molar-refractivity contribution in [2.75, 3.05) is 19.9 Å². The van der Waals surface area contributed by atoms with Crippen LogP contribution in [0.4, 0.5) is 0 Å². The number of thioether (sulfide) groups is 1. The summed E-state index contributed by atoms with van der Waals surface area (Å²) in [6, 6.07) is 12.5. The minimum Gasteiger partial charge on any atom is -0.495 e. The van der Waals surface area contributed by atoms with Gasteiger partial charge in [-0.1, -0.05) is 19.1 Å². The molecule has 106 valence electrons. The summed E-state index contributed by atoms with van der Waals surface area (Å²) in [6.07, 6.45) is 3.89. The van der Waals surface area contributed by atoms with Crippen LogP contribution in [-0.2, 0) is 0 Å². The quantitative estimate of drug-likeness (QED) is 0.825. The number of nitrogens with one attached hydrogen (secondary N) is 1. The molecule has 1 N–H and O–H groups in total. The summed E-state index contributed by atoms with van der Waals surface area (Å²) in [4.78, 5) is 5.76. The topological polar surface area (TPSA) is 34.2 Å². The summed E-state index contributed by atoms with van der Waals surface area (Å²) >= 11 is 1.75. The van der Waals surface area contributed by atoms with E-state index in [-0.39, 0.29) is 6.04 Å². The molecule has 0 saturated heterocycles. The molecule has 4 heteroatoms. The summed E-state index contributed by atoms with van der Waals surface area (Å²) < 4.78 is 5.43. The van der Waals surface area contributed by atoms with E-state index >= 15 is 0 Å². The first-order valence-electron chi connectivity index (χ1n) is 6.66. The average molecular weight is 288 g/mol. The predicted octanol–water partition coefficient (Wildman–Crippen LogP) is 3.51. The molecular weight excluding hydrogens is 268 g/mol. The third-order valence-corrected chi connectivity index (χ3v) is 3.89. The Labute approximate surface area is 124 Å². The lowest BCUT2D eigenvalue weighted by molar-refractivity contribution is 0.400. The Hall–Kier alpha value is -1.52. The van der Waals surface area contributed by atoms with Crippen LogP contribution >= 0.6 is 11.8 Å². The van der Waals surface area contributed by atoms with Gasteiger partial charge in [0, 0.05) is 11.1 Å². The van der Waals surface area contributed by atoms with Crippen molar-refractivity contribution < 1.29 is 4.74 Å². The molecule has 0 spiro atoms. The van der Waals surface area contributed by atoms with Gasteiger partial charge in [-0.2, -0.15) is 0 Å². The van der Waals surface area contributed by atoms with E-state index in [9.17, 15) is 0 Å². The Kier molecular flexibility index (Phi) is 5.44. The van der Waals surface area contributed by atoms with Crippen LogP contribution in [0, 0.1) is 0 Å². The largest absolute Gasteiger partial charge is 0.495 e. The Morgan fingerprint density at radius 1 is 1.25 bits per heavy atom. The third-order valence-electron chi connectivity index (χ3n) is 3.15. The Bertz CT molecular complexity index is 542. The first kappa shape index (κ1) is 14.9. The minimum atomic E-state index is 0.0482. The fraction of sp³-hybridized carbons (Fsp3) is 0.312. The van der Waals surface area contributed by atoms with Crippen LogP contribution in [0.5, 0.6) is 5.75 Å². The summed E-state index contributed by atoms with van der Waals surface area (Å²) in [5.74, 6) is 0.812. The number of rotatable bonds is 6. The Balaban J connectivity index is 2.39. The summed E-state index contributed by atoms with van der Waals surface area (Å²) in [6.45, 7) is 2.97. The molecule has 20 heavy (non-hydrogen) atoms. The van der Waals surface area contributed by atoms with Crippen molar-refractivity contribution in [3.63, 3.8) is 0 Å². The molecule has 2 rings (SSSR count). The lowest BCUT2D eigenvalue weighted by atomic mass is 10.0. The van der Waals surface area contributed by atoms with E-state index in [2.05, 4.69) is 47.7 Å². The Morgan fingerprint density at radius 3 is 2.60 bits per heavy atom. The highest BCUT2D eigenvalue weighted by Gasteiger charge is 2.18. The molecule has 1 heterocycles. The van der Waals surface area contributed by atoms with Crippen LogP contribution < -0.4 is 10.1 Å². The van der Waals surface area contributed by atoms with E-state index in [0.29, 0.717) is 0 Å². The lowest BCUT2D eigenvalue weighted by Crippen LogP contribution is -2.23. The molecule has 1 atom stereocenters. The van der Waals surface area contributed by atoms with Gasteiger partial charge in [-0.15, -0.1) is 11.8 Å². The number of hydrogen-bond acceptors (Lipinski definition) is 4. The van der Waals surface area contributed by atoms with E-state index in [1.807, 2.05) is 12.1 Å². The van der Waals surface area contributed by atoms with Crippen molar-refractivity contribution in [2.45, 2.75) is 17.9 Å². The summed E-state index contributed by atoms with van der Waals surface area (Å²) in [5.41, 5.74) is 2.12. The number of benzene rings is 1. The molecule has 1 unspecified atom stereocenters. The molecule has 1 aromatic heterocycles. The van der Waals surface area contributed by atoms with Gasteiger partial charge in [0.05, 0.1) is 13.2 Å². The maximum absolute atomic E-state index is 5.43. The minimum absolute atomic E-state index is 0.0482. The number of methoxy groups -OCH3 is 1. The monoisotopic (exact) mass is 288 g/mol. The highest BCUT2D eigenvalue weighted by Crippen LogP contribution is 2.28. The maximum atomic E-state index is 5.43. The number of pyridine rings is 1. The Morgan fingerprint density at radius 2 is 2.00 bits per heavy atom. The van der Waals surface area contributed by atoms with Gasteiger partial charge in [0.25, 0.3) is 0 Å². The average Bonchev–Trinajstić information content (AvgIpc) is 2.53. The van der Waals surface area contributed by atoms with Crippen molar-refractivity contribution in [1.29, 1.82) is 0 Å². The molecule has 1 aromatic carbocycles. The van der Waals surface area contributed by atoms with Gasteiger partial charge in [0.1, 0.15) is 11.4 Å². The second-order valence-corrected chi connectivity index (χ2v) is 5.23. The van der Waals surface area contributed by atoms with E-state index in [4.69, 9.17) is 4.74 Å². The van der Waals surface area contributed by atoms with Gasteiger partial charge >= 0.3 is 0 Å². The number of aromatic nitrogens is 1. The standard InChI is InChI=1S/C16H20N2OS/c1-4-17-15(12-7-9-13(20-3)10-8-12)16-14(19-2)6-5-11-18-16/h5-11,15,17H,4H2,1-3H3. The second-order valence-electron chi connectivity index (χ2n) is 4.35. The molecule has 0 radical (unpaired) electrons. The van der Waals surface area contributed by atoms with Gasteiger partial charge in [0.15, 0.2) is 0 Å². The van der Waals surface area contributed by atoms with Crippen molar-refractivity contribution in [3.05, 3.63) is 53.9 Å². The van der Waals surface area contributed by atoms with Crippen LogP contribution in [0.1, 0.15) is 24.2 Å². The van der Waals surface area contributed by atoms with Crippen LogP contribution in [-0.4, -0.2) is 24.9 Å². The molecule has 0 aliphatic heterocycles. The zero-order chi connectivity index (χ0) is 14.4. The summed E-state index contributed by atoms with van der Waals surface area (Å²) in [5, 5.41) is 3.48. The highest BCUT2D eigenvalue weighted by molar-refractivity contribution is 7.98. The molecule has 2 aromatic rings. The van der Waals surface area contributed by atoms with Crippen LogP contribution in [0.2, 0.25) is 0 Å². The molecule has 0 aliphatic rings. The van der Waals surface area contributed by atoms with Gasteiger partial charge in [-0.3, -0.25) is 4.98 Å².